The van der Waals surface area contributed by atoms with Gasteiger partial charge in [0.05, 0.1) is 19.7 Å². The lowest BCUT2D eigenvalue weighted by molar-refractivity contribution is 0.346. The molecule has 3 heterocycles. The van der Waals surface area contributed by atoms with Crippen LogP contribution in [-0.4, -0.2) is 42.9 Å². The van der Waals surface area contributed by atoms with Gasteiger partial charge in [-0.1, -0.05) is 6.42 Å². The van der Waals surface area contributed by atoms with Crippen LogP contribution in [0.4, 0.5) is 10.8 Å². The van der Waals surface area contributed by atoms with Crippen LogP contribution in [0.15, 0.2) is 44.8 Å². The number of thiazole rings is 1. The van der Waals surface area contributed by atoms with Crippen molar-refractivity contribution in [1.82, 2.24) is 9.29 Å². The Morgan fingerprint density at radius 2 is 1.91 bits per heavy atom. The van der Waals surface area contributed by atoms with Gasteiger partial charge < -0.3 is 11.1 Å². The van der Waals surface area contributed by atoms with E-state index in [1.807, 2.05) is 17.7 Å². The number of benzene rings is 1. The first-order valence-corrected chi connectivity index (χ1v) is 14.1. The smallest absolute Gasteiger partial charge is 0.243 e. The second kappa shape index (κ2) is 10.5. The van der Waals surface area contributed by atoms with Crippen LogP contribution in [0.2, 0.25) is 0 Å². The summed E-state index contributed by atoms with van der Waals surface area (Å²) >= 11 is 4.57. The molecule has 4 rings (SSSR count). The van der Waals surface area contributed by atoms with E-state index in [4.69, 9.17) is 11.1 Å². The van der Waals surface area contributed by atoms with E-state index in [1.165, 1.54) is 22.7 Å². The van der Waals surface area contributed by atoms with E-state index in [9.17, 15) is 8.42 Å². The molecule has 0 radical (unpaired) electrons. The molecule has 32 heavy (non-hydrogen) atoms. The molecule has 0 saturated carbocycles. The third-order valence-corrected chi connectivity index (χ3v) is 9.96. The van der Waals surface area contributed by atoms with Crippen LogP contribution in [0.3, 0.4) is 0 Å². The monoisotopic (exact) mass is 529 g/mol. The normalized spacial score (nSPS) is 14.7. The average molecular weight is 530 g/mol. The summed E-state index contributed by atoms with van der Waals surface area (Å²) in [6.45, 7) is 1.19. The number of rotatable bonds is 7. The van der Waals surface area contributed by atoms with E-state index in [1.54, 1.807) is 40.3 Å². The molecule has 0 spiro atoms. The SMILES string of the molecule is CSc1sc(C(=N)N)cc1-c1csc(Nc2ccc(S(=O)(=O)N3CCCCC3)cc2)n1.Cl. The number of thiophene rings is 1. The van der Waals surface area contributed by atoms with Crippen LogP contribution in [-0.2, 0) is 10.0 Å². The summed E-state index contributed by atoms with van der Waals surface area (Å²) in [4.78, 5) is 5.71. The van der Waals surface area contributed by atoms with E-state index in [-0.39, 0.29) is 18.2 Å². The van der Waals surface area contributed by atoms with Gasteiger partial charge in [0.15, 0.2) is 5.13 Å². The standard InChI is InChI=1S/C20H23N5O2S4.ClH/c1-28-19-15(11-17(30-19)18(21)22)16-12-29-20(24-16)23-13-5-7-14(8-6-13)31(26,27)25-9-3-2-4-10-25;/h5-8,11-12H,2-4,9-10H2,1H3,(H3,21,22)(H,23,24);1H. The Balaban J connectivity index is 0.00000289. The van der Waals surface area contributed by atoms with Gasteiger partial charge in [-0.25, -0.2) is 13.4 Å². The van der Waals surface area contributed by atoms with Crippen molar-refractivity contribution < 1.29 is 8.42 Å². The number of amidine groups is 1. The predicted octanol–water partition coefficient (Wildman–Crippen LogP) is 5.22. The Morgan fingerprint density at radius 1 is 1.22 bits per heavy atom. The van der Waals surface area contributed by atoms with E-state index in [2.05, 4.69) is 10.3 Å². The summed E-state index contributed by atoms with van der Waals surface area (Å²) in [5, 5.41) is 13.6. The first-order chi connectivity index (χ1) is 14.9. The quantitative estimate of drug-likeness (QED) is 0.220. The molecule has 12 heteroatoms. The van der Waals surface area contributed by atoms with Crippen LogP contribution in [0.1, 0.15) is 24.1 Å². The third kappa shape index (κ3) is 5.29. The Bertz CT molecular complexity index is 1190. The second-order valence-corrected chi connectivity index (χ2v) is 12.0. The van der Waals surface area contributed by atoms with Crippen molar-refractivity contribution in [3.05, 3.63) is 40.6 Å². The lowest BCUT2D eigenvalue weighted by Crippen LogP contribution is -2.35. The minimum atomic E-state index is -3.43. The lowest BCUT2D eigenvalue weighted by atomic mass is 10.2. The van der Waals surface area contributed by atoms with Gasteiger partial charge in [-0.3, -0.25) is 5.41 Å². The topological polar surface area (TPSA) is 112 Å². The van der Waals surface area contributed by atoms with Gasteiger partial charge in [0.25, 0.3) is 0 Å². The van der Waals surface area contributed by atoms with Gasteiger partial charge in [0.2, 0.25) is 10.0 Å². The summed E-state index contributed by atoms with van der Waals surface area (Å²) in [5.41, 5.74) is 8.20. The van der Waals surface area contributed by atoms with Crippen LogP contribution in [0.25, 0.3) is 11.3 Å². The maximum absolute atomic E-state index is 12.8. The largest absolute Gasteiger partial charge is 0.383 e. The van der Waals surface area contributed by atoms with Crippen LogP contribution < -0.4 is 11.1 Å². The van der Waals surface area contributed by atoms with Crippen molar-refractivity contribution in [2.45, 2.75) is 28.4 Å². The summed E-state index contributed by atoms with van der Waals surface area (Å²) in [5.74, 6) is 0.0553. The highest BCUT2D eigenvalue weighted by Gasteiger charge is 2.25. The number of sulfonamides is 1. The third-order valence-electron chi connectivity index (χ3n) is 4.99. The molecule has 1 fully saturated rings. The highest BCUT2D eigenvalue weighted by molar-refractivity contribution is 8.00. The summed E-state index contributed by atoms with van der Waals surface area (Å²) in [6.07, 6.45) is 4.91. The predicted molar refractivity (Wildman–Crippen MR) is 138 cm³/mol. The molecule has 3 aromatic rings. The zero-order valence-corrected chi connectivity index (χ0v) is 21.4. The van der Waals surface area contributed by atoms with E-state index in [0.29, 0.717) is 23.1 Å². The number of halogens is 1. The maximum Gasteiger partial charge on any atom is 0.243 e. The molecule has 1 aliphatic heterocycles. The summed E-state index contributed by atoms with van der Waals surface area (Å²) in [6, 6.07) is 8.72. The maximum atomic E-state index is 12.8. The van der Waals surface area contributed by atoms with Crippen LogP contribution in [0.5, 0.6) is 0 Å². The fourth-order valence-corrected chi connectivity index (χ4v) is 7.37. The van der Waals surface area contributed by atoms with Crippen molar-refractivity contribution in [3.8, 4) is 11.3 Å². The molecule has 2 aromatic heterocycles. The molecule has 1 aromatic carbocycles. The first kappa shape index (κ1) is 25.0. The Hall–Kier alpha value is -1.63. The summed E-state index contributed by atoms with van der Waals surface area (Å²) in [7, 11) is -3.43. The number of nitrogens with two attached hydrogens (primary N) is 1. The number of piperidine rings is 1. The van der Waals surface area contributed by atoms with Gasteiger partial charge in [0.1, 0.15) is 5.84 Å². The lowest BCUT2D eigenvalue weighted by Gasteiger charge is -2.25. The van der Waals surface area contributed by atoms with Crippen molar-refractivity contribution >= 4 is 73.5 Å². The molecule has 0 atom stereocenters. The fourth-order valence-electron chi connectivity index (χ4n) is 3.38. The molecule has 0 aliphatic carbocycles. The number of nitrogen functional groups attached to an aromatic ring is 1. The molecule has 0 bridgehead atoms. The molecule has 7 nitrogen and oxygen atoms in total. The zero-order chi connectivity index (χ0) is 22.0. The fraction of sp³-hybridized carbons (Fsp3) is 0.300. The molecule has 1 saturated heterocycles. The molecule has 1 aliphatic rings. The van der Waals surface area contributed by atoms with E-state index >= 15 is 0 Å². The highest BCUT2D eigenvalue weighted by Crippen LogP contribution is 2.39. The minimum absolute atomic E-state index is 0. The zero-order valence-electron chi connectivity index (χ0n) is 17.3. The van der Waals surface area contributed by atoms with Crippen molar-refractivity contribution in [3.63, 3.8) is 0 Å². The van der Waals surface area contributed by atoms with Crippen LogP contribution in [0, 0.1) is 5.41 Å². The Labute approximate surface area is 206 Å². The number of anilines is 2. The number of nitrogens with one attached hydrogen (secondary N) is 2. The van der Waals surface area contributed by atoms with E-state index < -0.39 is 10.0 Å². The molecule has 172 valence electrons. The van der Waals surface area contributed by atoms with Gasteiger partial charge in [0, 0.05) is 29.7 Å². The Kier molecular flexibility index (Phi) is 8.23. The van der Waals surface area contributed by atoms with Gasteiger partial charge >= 0.3 is 0 Å². The van der Waals surface area contributed by atoms with Gasteiger partial charge in [-0.05, 0) is 49.4 Å². The van der Waals surface area contributed by atoms with Crippen molar-refractivity contribution in [2.75, 3.05) is 24.7 Å². The molecular weight excluding hydrogens is 506 g/mol. The van der Waals surface area contributed by atoms with E-state index in [0.717, 1.165) is 45.3 Å². The molecule has 4 N–H and O–H groups in total. The number of aromatic nitrogens is 1. The number of thioether (sulfide) groups is 1. The van der Waals surface area contributed by atoms with Crippen LogP contribution >= 0.6 is 46.8 Å². The van der Waals surface area contributed by atoms with Gasteiger partial charge in [-0.15, -0.1) is 46.8 Å². The molecule has 0 amide bonds. The number of nitrogens with zero attached hydrogens (tertiary/aromatic N) is 2. The number of hydrogen-bond acceptors (Lipinski definition) is 8. The summed E-state index contributed by atoms with van der Waals surface area (Å²) < 4.78 is 28.2. The number of hydrogen-bond donors (Lipinski definition) is 3. The molecular formula is C20H24ClN5O2S4. The highest BCUT2D eigenvalue weighted by atomic mass is 35.5. The second-order valence-electron chi connectivity index (χ2n) is 7.08. The van der Waals surface area contributed by atoms with Crippen molar-refractivity contribution in [2.24, 2.45) is 5.73 Å². The first-order valence-electron chi connectivity index (χ1n) is 9.74. The Morgan fingerprint density at radius 3 is 2.53 bits per heavy atom. The minimum Gasteiger partial charge on any atom is -0.383 e. The average Bonchev–Trinajstić information content (AvgIpc) is 3.41. The van der Waals surface area contributed by atoms with Gasteiger partial charge in [-0.2, -0.15) is 4.31 Å². The van der Waals surface area contributed by atoms with Crippen molar-refractivity contribution in [1.29, 1.82) is 5.41 Å². The molecule has 0 unspecified atom stereocenters.